The zero-order valence-electron chi connectivity index (χ0n) is 27.0. The van der Waals surface area contributed by atoms with Crippen LogP contribution in [-0.2, 0) is 30.2 Å². The second-order valence-corrected chi connectivity index (χ2v) is 12.9. The molecule has 0 saturated carbocycles. The first-order chi connectivity index (χ1) is 22.4. The maximum absolute atomic E-state index is 12.3. The number of benzene rings is 4. The van der Waals surface area contributed by atoms with Crippen LogP contribution in [0.2, 0.25) is 0 Å². The lowest BCUT2D eigenvalue weighted by atomic mass is 9.84. The highest BCUT2D eigenvalue weighted by Crippen LogP contribution is 2.48. The fourth-order valence-electron chi connectivity index (χ4n) is 4.72. The number of carboxylic acid groups (broad SMARTS) is 1. The largest absolute Gasteiger partial charge is 0.508 e. The summed E-state index contributed by atoms with van der Waals surface area (Å²) in [5, 5.41) is 21.4. The van der Waals surface area contributed by atoms with E-state index in [0.29, 0.717) is 6.42 Å². The molecule has 0 fully saturated rings. The third kappa shape index (κ3) is 10.9. The number of carboxylic acids is 1. The Kier molecular flexibility index (Phi) is 13.4. The van der Waals surface area contributed by atoms with Crippen molar-refractivity contribution in [1.82, 2.24) is 5.32 Å². The van der Waals surface area contributed by atoms with Crippen molar-refractivity contribution in [1.29, 1.82) is 0 Å². The van der Waals surface area contributed by atoms with Gasteiger partial charge in [0, 0.05) is 5.75 Å². The molecule has 4 aromatic rings. The van der Waals surface area contributed by atoms with E-state index in [4.69, 9.17) is 15.6 Å². The van der Waals surface area contributed by atoms with E-state index in [1.165, 1.54) is 18.9 Å². The molecule has 0 aromatic heterocycles. The van der Waals surface area contributed by atoms with Gasteiger partial charge in [0.05, 0.1) is 11.9 Å². The highest BCUT2D eigenvalue weighted by atomic mass is 32.2. The number of phenols is 1. The van der Waals surface area contributed by atoms with Gasteiger partial charge in [0.25, 0.3) is 0 Å². The number of thioether (sulfide) groups is 1. The number of methoxy groups -OCH3 is 1. The molecule has 10 heteroatoms. The van der Waals surface area contributed by atoms with Gasteiger partial charge in [0.1, 0.15) is 23.4 Å². The lowest BCUT2D eigenvalue weighted by Gasteiger charge is -2.36. The number of carbonyl (C=O) groups excluding carboxylic acids is 2. The lowest BCUT2D eigenvalue weighted by molar-refractivity contribution is -0.142. The number of alkyl carbamates (subject to hydrolysis) is 1. The number of nitrogens with one attached hydrogen (secondary N) is 1. The molecule has 0 aliphatic carbocycles. The lowest BCUT2D eigenvalue weighted by Crippen LogP contribution is -2.45. The fourth-order valence-corrected chi connectivity index (χ4v) is 6.27. The number of ether oxygens (including phenoxy) is 2. The summed E-state index contributed by atoms with van der Waals surface area (Å²) in [4.78, 5) is 35.3. The number of amides is 1. The number of phenolic OH excluding ortho intramolecular Hbond substituents is 1. The first-order valence-electron chi connectivity index (χ1n) is 15.0. The van der Waals surface area contributed by atoms with Crippen molar-refractivity contribution in [2.45, 2.75) is 49.6 Å². The van der Waals surface area contributed by atoms with Crippen molar-refractivity contribution in [3.63, 3.8) is 0 Å². The summed E-state index contributed by atoms with van der Waals surface area (Å²) < 4.78 is 9.10. The molecular weight excluding hydrogens is 616 g/mol. The predicted molar refractivity (Wildman–Crippen MR) is 184 cm³/mol. The molecule has 47 heavy (non-hydrogen) atoms. The fraction of sp³-hybridized carbons (Fsp3) is 0.270. The van der Waals surface area contributed by atoms with Gasteiger partial charge in [0.15, 0.2) is 0 Å². The van der Waals surface area contributed by atoms with Crippen molar-refractivity contribution >= 4 is 29.8 Å². The van der Waals surface area contributed by atoms with Crippen LogP contribution in [0.25, 0.3) is 0 Å². The van der Waals surface area contributed by atoms with E-state index >= 15 is 0 Å². The quantitative estimate of drug-likeness (QED) is 0.110. The predicted octanol–water partition coefficient (Wildman–Crippen LogP) is 6.12. The maximum Gasteiger partial charge on any atom is 0.408 e. The van der Waals surface area contributed by atoms with Crippen LogP contribution in [0, 0.1) is 0 Å². The van der Waals surface area contributed by atoms with Gasteiger partial charge in [-0.05, 0) is 61.6 Å². The minimum atomic E-state index is -1.12. The Labute approximate surface area is 280 Å². The molecule has 0 unspecified atom stereocenters. The van der Waals surface area contributed by atoms with Gasteiger partial charge in [-0.15, -0.1) is 11.8 Å². The molecule has 0 aliphatic rings. The Morgan fingerprint density at radius 1 is 0.787 bits per heavy atom. The molecule has 9 nitrogen and oxygen atoms in total. The molecule has 0 spiro atoms. The van der Waals surface area contributed by atoms with Gasteiger partial charge in [-0.2, -0.15) is 0 Å². The van der Waals surface area contributed by atoms with Crippen LogP contribution in [0.1, 0.15) is 43.0 Å². The van der Waals surface area contributed by atoms with Gasteiger partial charge >= 0.3 is 18.0 Å². The second kappa shape index (κ2) is 17.2. The van der Waals surface area contributed by atoms with E-state index in [9.17, 15) is 19.5 Å². The molecular formula is C37H42N2O7S. The SMILES string of the molecule is CC(C)(C)OC(=O)N[C@H](CSC(c1ccccc1)(c1ccccc1)c1ccccc1)C(=O)O.COC(=O)[C@@H](N)Cc1ccc(O)cc1. The van der Waals surface area contributed by atoms with Crippen LogP contribution in [0.5, 0.6) is 5.75 Å². The minimum Gasteiger partial charge on any atom is -0.508 e. The Morgan fingerprint density at radius 3 is 1.62 bits per heavy atom. The van der Waals surface area contributed by atoms with E-state index in [0.717, 1.165) is 22.3 Å². The van der Waals surface area contributed by atoms with Gasteiger partial charge in [-0.1, -0.05) is 103 Å². The van der Waals surface area contributed by atoms with E-state index in [2.05, 4.69) is 10.1 Å². The van der Waals surface area contributed by atoms with Crippen molar-refractivity contribution in [3.8, 4) is 5.75 Å². The van der Waals surface area contributed by atoms with Crippen molar-refractivity contribution in [2.75, 3.05) is 12.9 Å². The summed E-state index contributed by atoms with van der Waals surface area (Å²) >= 11 is 1.47. The number of rotatable bonds is 11. The number of nitrogens with two attached hydrogens (primary N) is 1. The Hall–Kier alpha value is -4.80. The average molecular weight is 659 g/mol. The molecule has 0 radical (unpaired) electrons. The highest BCUT2D eigenvalue weighted by Gasteiger charge is 2.38. The summed E-state index contributed by atoms with van der Waals surface area (Å²) in [7, 11) is 1.30. The molecule has 0 aliphatic heterocycles. The third-order valence-corrected chi connectivity index (χ3v) is 8.53. The van der Waals surface area contributed by atoms with E-state index in [1.54, 1.807) is 45.0 Å². The van der Waals surface area contributed by atoms with Crippen molar-refractivity contribution < 1.29 is 34.1 Å². The standard InChI is InChI=1S/C27H29NO4S.C10H13NO3/c1-26(2,3)32-25(31)28-23(24(29)30)19-33-27(20-13-7-4-8-14-20,21-15-9-5-10-16-21)22-17-11-6-12-18-22;1-14-10(13)9(11)6-7-2-4-8(12)5-3-7/h4-18,23H,19H2,1-3H3,(H,28,31)(H,29,30);2-5,9,12H,6,11H2,1H3/t23-;9-/m10/s1. The van der Waals surface area contributed by atoms with Crippen molar-refractivity contribution in [2.24, 2.45) is 5.73 Å². The number of esters is 1. The first kappa shape index (κ1) is 36.7. The van der Waals surface area contributed by atoms with Gasteiger partial charge in [-0.25, -0.2) is 9.59 Å². The summed E-state index contributed by atoms with van der Waals surface area (Å²) in [6.45, 7) is 5.22. The third-order valence-electron chi connectivity index (χ3n) is 6.89. The molecule has 2 atom stereocenters. The molecule has 0 saturated heterocycles. The zero-order valence-corrected chi connectivity index (χ0v) is 27.8. The zero-order chi connectivity index (χ0) is 34.5. The normalized spacial score (nSPS) is 12.4. The number of hydrogen-bond acceptors (Lipinski definition) is 8. The van der Waals surface area contributed by atoms with Crippen LogP contribution in [0.15, 0.2) is 115 Å². The monoisotopic (exact) mass is 658 g/mol. The Morgan fingerprint density at radius 2 is 1.23 bits per heavy atom. The van der Waals surface area contributed by atoms with Crippen LogP contribution < -0.4 is 11.1 Å². The summed E-state index contributed by atoms with van der Waals surface area (Å²) in [6, 6.07) is 34.8. The van der Waals surface area contributed by atoms with Crippen molar-refractivity contribution in [3.05, 3.63) is 138 Å². The van der Waals surface area contributed by atoms with Gasteiger partial charge in [0.2, 0.25) is 0 Å². The highest BCUT2D eigenvalue weighted by molar-refractivity contribution is 8.00. The topological polar surface area (TPSA) is 148 Å². The number of hydrogen-bond donors (Lipinski definition) is 4. The average Bonchev–Trinajstić information content (AvgIpc) is 3.06. The van der Waals surface area contributed by atoms with Gasteiger partial charge < -0.3 is 30.7 Å². The summed E-state index contributed by atoms with van der Waals surface area (Å²) in [5.41, 5.74) is 8.80. The number of aliphatic carboxylic acids is 1. The van der Waals surface area contributed by atoms with Crippen LogP contribution in [-0.4, -0.2) is 58.8 Å². The maximum atomic E-state index is 12.3. The summed E-state index contributed by atoms with van der Waals surface area (Å²) in [6.07, 6.45) is -0.340. The minimum absolute atomic E-state index is 0.132. The second-order valence-electron chi connectivity index (χ2n) is 11.6. The Balaban J connectivity index is 0.000000358. The van der Waals surface area contributed by atoms with E-state index in [1.807, 2.05) is 91.0 Å². The van der Waals surface area contributed by atoms with Crippen LogP contribution in [0.3, 0.4) is 0 Å². The first-order valence-corrected chi connectivity index (χ1v) is 16.0. The molecule has 0 bridgehead atoms. The molecule has 0 heterocycles. The molecule has 5 N–H and O–H groups in total. The van der Waals surface area contributed by atoms with Crippen LogP contribution in [0.4, 0.5) is 4.79 Å². The molecule has 248 valence electrons. The van der Waals surface area contributed by atoms with E-state index < -0.39 is 40.5 Å². The number of carbonyl (C=O) groups is 3. The van der Waals surface area contributed by atoms with E-state index in [-0.39, 0.29) is 11.5 Å². The smallest absolute Gasteiger partial charge is 0.408 e. The molecule has 1 amide bonds. The Bertz CT molecular complexity index is 1460. The van der Waals surface area contributed by atoms with Gasteiger partial charge in [-0.3, -0.25) is 4.79 Å². The molecule has 4 rings (SSSR count). The summed E-state index contributed by atoms with van der Waals surface area (Å²) in [5.74, 6) is -1.22. The number of aromatic hydroxyl groups is 1. The molecule has 4 aromatic carbocycles. The van der Waals surface area contributed by atoms with Crippen LogP contribution >= 0.6 is 11.8 Å².